The number of hydrogen-bond acceptors (Lipinski definition) is 4. The number of fused-ring (bicyclic) bond motifs is 1. The molecule has 5 nitrogen and oxygen atoms in total. The van der Waals surface area contributed by atoms with Gasteiger partial charge in [0.1, 0.15) is 11.5 Å². The third kappa shape index (κ3) is 3.07. The quantitative estimate of drug-likeness (QED) is 0.791. The number of sulfonamides is 1. The molecule has 1 heterocycles. The standard InChI is InChI=1S/C16H18BNO4S/c1-3-12-18(17-21-15-6-4-5-7-16(15)22-17)23(19,20)14-10-8-13(2)9-11-14/h4-11H,3,12H2,1-2H3. The van der Waals surface area contributed by atoms with Gasteiger partial charge in [0.05, 0.1) is 4.90 Å². The predicted octanol–water partition coefficient (Wildman–Crippen LogP) is 2.85. The summed E-state index contributed by atoms with van der Waals surface area (Å²) in [7, 11) is -4.67. The average molecular weight is 331 g/mol. The summed E-state index contributed by atoms with van der Waals surface area (Å²) in [6, 6.07) is 13.9. The van der Waals surface area contributed by atoms with Crippen LogP contribution in [0.25, 0.3) is 0 Å². The normalized spacial score (nSPS) is 13.6. The number of hydrogen-bond donors (Lipinski definition) is 0. The Kier molecular flexibility index (Phi) is 4.32. The van der Waals surface area contributed by atoms with Gasteiger partial charge in [0.2, 0.25) is 10.0 Å². The molecular weight excluding hydrogens is 313 g/mol. The highest BCUT2D eigenvalue weighted by molar-refractivity contribution is 7.90. The van der Waals surface area contributed by atoms with Crippen LogP contribution in [0.4, 0.5) is 0 Å². The van der Waals surface area contributed by atoms with Crippen molar-refractivity contribution >= 4 is 17.3 Å². The maximum Gasteiger partial charge on any atom is 0.716 e. The second-order valence-electron chi connectivity index (χ2n) is 5.42. The Balaban J connectivity index is 1.92. The Bertz CT molecular complexity index is 767. The van der Waals surface area contributed by atoms with Gasteiger partial charge in [0, 0.05) is 6.54 Å². The van der Waals surface area contributed by atoms with Crippen LogP contribution in [0.5, 0.6) is 11.5 Å². The highest BCUT2D eigenvalue weighted by atomic mass is 32.2. The minimum absolute atomic E-state index is 0.236. The van der Waals surface area contributed by atoms with Gasteiger partial charge in [0.15, 0.2) is 0 Å². The van der Waals surface area contributed by atoms with E-state index in [2.05, 4.69) is 0 Å². The second kappa shape index (κ2) is 6.25. The molecular formula is C16H18BNO4S. The number of para-hydroxylation sites is 2. The van der Waals surface area contributed by atoms with E-state index in [1.807, 2.05) is 26.0 Å². The molecule has 0 radical (unpaired) electrons. The summed E-state index contributed by atoms with van der Waals surface area (Å²) in [4.78, 5) is 0.236. The molecule has 0 unspecified atom stereocenters. The SMILES string of the molecule is CCCN(B1Oc2ccccc2O1)S(=O)(=O)c1ccc(C)cc1. The molecule has 0 aromatic heterocycles. The lowest BCUT2D eigenvalue weighted by Crippen LogP contribution is -2.50. The second-order valence-corrected chi connectivity index (χ2v) is 7.31. The van der Waals surface area contributed by atoms with Gasteiger partial charge in [0.25, 0.3) is 0 Å². The minimum atomic E-state index is -3.70. The molecule has 2 aromatic carbocycles. The first kappa shape index (κ1) is 15.9. The first-order chi connectivity index (χ1) is 11.0. The molecule has 0 saturated heterocycles. The molecule has 3 rings (SSSR count). The summed E-state index contributed by atoms with van der Waals surface area (Å²) in [5.41, 5.74) is 1.01. The van der Waals surface area contributed by atoms with Crippen LogP contribution in [0, 0.1) is 6.92 Å². The maximum absolute atomic E-state index is 12.9. The highest BCUT2D eigenvalue weighted by Crippen LogP contribution is 2.34. The van der Waals surface area contributed by atoms with E-state index in [1.165, 1.54) is 4.22 Å². The van der Waals surface area contributed by atoms with Crippen LogP contribution in [0.2, 0.25) is 0 Å². The summed E-state index contributed by atoms with van der Waals surface area (Å²) in [6.07, 6.45) is 0.657. The molecule has 0 bridgehead atoms. The van der Waals surface area contributed by atoms with Crippen LogP contribution in [0.3, 0.4) is 0 Å². The van der Waals surface area contributed by atoms with Gasteiger partial charge >= 0.3 is 7.25 Å². The largest absolute Gasteiger partial charge is 0.716 e. The van der Waals surface area contributed by atoms with Crippen molar-refractivity contribution in [3.8, 4) is 11.5 Å². The molecule has 0 spiro atoms. The van der Waals surface area contributed by atoms with Crippen molar-refractivity contribution in [1.29, 1.82) is 0 Å². The van der Waals surface area contributed by atoms with Crippen molar-refractivity contribution in [2.45, 2.75) is 25.2 Å². The summed E-state index contributed by atoms with van der Waals surface area (Å²) >= 11 is 0. The number of rotatable bonds is 5. The van der Waals surface area contributed by atoms with Gasteiger partial charge in [-0.1, -0.05) is 36.8 Å². The van der Waals surface area contributed by atoms with E-state index >= 15 is 0 Å². The average Bonchev–Trinajstić information content (AvgIpc) is 2.96. The van der Waals surface area contributed by atoms with Gasteiger partial charge < -0.3 is 9.31 Å². The highest BCUT2D eigenvalue weighted by Gasteiger charge is 2.45. The van der Waals surface area contributed by atoms with Crippen LogP contribution >= 0.6 is 0 Å². The lowest BCUT2D eigenvalue weighted by molar-refractivity contribution is 0.397. The Morgan fingerprint density at radius 1 is 1.00 bits per heavy atom. The zero-order valence-corrected chi connectivity index (χ0v) is 13.9. The topological polar surface area (TPSA) is 55.8 Å². The third-order valence-electron chi connectivity index (χ3n) is 3.61. The lowest BCUT2D eigenvalue weighted by atomic mass is 10.1. The van der Waals surface area contributed by atoms with Crippen LogP contribution in [0.15, 0.2) is 53.4 Å². The molecule has 0 atom stereocenters. The van der Waals surface area contributed by atoms with Crippen molar-refractivity contribution in [3.05, 3.63) is 54.1 Å². The fraction of sp³-hybridized carbons (Fsp3) is 0.250. The maximum atomic E-state index is 12.9. The smallest absolute Gasteiger partial charge is 0.508 e. The van der Waals surface area contributed by atoms with Crippen molar-refractivity contribution < 1.29 is 17.7 Å². The Labute approximate surface area is 137 Å². The first-order valence-corrected chi connectivity index (χ1v) is 8.97. The van der Waals surface area contributed by atoms with Crippen LogP contribution in [-0.4, -0.2) is 26.4 Å². The molecule has 0 fully saturated rings. The van der Waals surface area contributed by atoms with E-state index < -0.39 is 17.3 Å². The molecule has 0 aliphatic carbocycles. The molecule has 2 aromatic rings. The van der Waals surface area contributed by atoms with Crippen molar-refractivity contribution in [3.63, 3.8) is 0 Å². The van der Waals surface area contributed by atoms with E-state index in [1.54, 1.807) is 36.4 Å². The zero-order chi connectivity index (χ0) is 16.4. The Hall–Kier alpha value is -1.99. The summed E-state index contributed by atoms with van der Waals surface area (Å²) in [5.74, 6) is 1.11. The van der Waals surface area contributed by atoms with E-state index in [0.29, 0.717) is 24.5 Å². The van der Waals surface area contributed by atoms with Gasteiger partial charge in [-0.25, -0.2) is 8.42 Å². The van der Waals surface area contributed by atoms with Crippen LogP contribution < -0.4 is 9.31 Å². The molecule has 7 heteroatoms. The summed E-state index contributed by atoms with van der Waals surface area (Å²) < 4.78 is 38.5. The lowest BCUT2D eigenvalue weighted by Gasteiger charge is -2.22. The van der Waals surface area contributed by atoms with Gasteiger partial charge in [-0.05, 0) is 37.6 Å². The Morgan fingerprint density at radius 3 is 2.09 bits per heavy atom. The van der Waals surface area contributed by atoms with Crippen molar-refractivity contribution in [2.75, 3.05) is 6.54 Å². The van der Waals surface area contributed by atoms with Gasteiger partial charge in [-0.15, -0.1) is 0 Å². The van der Waals surface area contributed by atoms with Gasteiger partial charge in [-0.2, -0.15) is 4.22 Å². The van der Waals surface area contributed by atoms with E-state index in [0.717, 1.165) is 5.56 Å². The third-order valence-corrected chi connectivity index (χ3v) is 5.45. The molecule has 120 valence electrons. The minimum Gasteiger partial charge on any atom is -0.508 e. The molecule has 1 aliphatic heterocycles. The zero-order valence-electron chi connectivity index (χ0n) is 13.1. The monoisotopic (exact) mass is 331 g/mol. The Morgan fingerprint density at radius 2 is 1.57 bits per heavy atom. The molecule has 0 saturated carbocycles. The fourth-order valence-electron chi connectivity index (χ4n) is 2.41. The van der Waals surface area contributed by atoms with Crippen molar-refractivity contribution in [2.24, 2.45) is 0 Å². The molecule has 0 N–H and O–H groups in total. The molecule has 0 amide bonds. The van der Waals surface area contributed by atoms with E-state index in [9.17, 15) is 8.42 Å². The number of aryl methyl sites for hydroxylation is 1. The van der Waals surface area contributed by atoms with E-state index in [4.69, 9.17) is 9.31 Å². The fourth-order valence-corrected chi connectivity index (χ4v) is 3.90. The molecule has 1 aliphatic rings. The van der Waals surface area contributed by atoms with E-state index in [-0.39, 0.29) is 4.90 Å². The molecule has 23 heavy (non-hydrogen) atoms. The number of benzene rings is 2. The van der Waals surface area contributed by atoms with Crippen LogP contribution in [-0.2, 0) is 10.0 Å². The predicted molar refractivity (Wildman–Crippen MR) is 88.8 cm³/mol. The number of nitrogens with zero attached hydrogens (tertiary/aromatic N) is 1. The summed E-state index contributed by atoms with van der Waals surface area (Å²) in [5, 5.41) is 0. The van der Waals surface area contributed by atoms with Crippen molar-refractivity contribution in [1.82, 2.24) is 4.22 Å². The van der Waals surface area contributed by atoms with Crippen LogP contribution in [0.1, 0.15) is 18.9 Å². The summed E-state index contributed by atoms with van der Waals surface area (Å²) in [6.45, 7) is 4.15. The first-order valence-electron chi connectivity index (χ1n) is 7.53. The van der Waals surface area contributed by atoms with Gasteiger partial charge in [-0.3, -0.25) is 0 Å².